The Labute approximate surface area is 197 Å². The average Bonchev–Trinajstić information content (AvgIpc) is 2.82. The molecule has 0 fully saturated rings. The summed E-state index contributed by atoms with van der Waals surface area (Å²) < 4.78 is 0. The molecule has 0 nitrogen and oxygen atoms in total. The van der Waals surface area contributed by atoms with Gasteiger partial charge in [0, 0.05) is 0 Å². The van der Waals surface area contributed by atoms with Gasteiger partial charge in [0.05, 0.1) is 0 Å². The molecule has 2 aliphatic carbocycles. The van der Waals surface area contributed by atoms with E-state index < -0.39 is 0 Å². The molecular formula is C32H42. The van der Waals surface area contributed by atoms with Gasteiger partial charge in [0.2, 0.25) is 0 Å². The lowest BCUT2D eigenvalue weighted by molar-refractivity contribution is 0.578. The first-order chi connectivity index (χ1) is 15.4. The molecule has 0 heteroatoms. The van der Waals surface area contributed by atoms with Crippen molar-refractivity contribution in [2.24, 2.45) is 11.8 Å². The van der Waals surface area contributed by atoms with E-state index in [0.29, 0.717) is 11.8 Å². The van der Waals surface area contributed by atoms with Crippen molar-refractivity contribution in [3.63, 3.8) is 0 Å². The molecule has 0 aliphatic heterocycles. The Morgan fingerprint density at radius 3 is 1.31 bits per heavy atom. The highest BCUT2D eigenvalue weighted by molar-refractivity contribution is 5.76. The molecule has 0 radical (unpaired) electrons. The Balaban J connectivity index is 1.97. The summed E-state index contributed by atoms with van der Waals surface area (Å²) in [5.74, 6) is 1.39. The second-order valence-electron chi connectivity index (χ2n) is 9.99. The summed E-state index contributed by atoms with van der Waals surface area (Å²) in [6.45, 7) is 13.7. The van der Waals surface area contributed by atoms with Crippen LogP contribution in [0.15, 0.2) is 83.0 Å². The molecule has 3 rings (SSSR count). The van der Waals surface area contributed by atoms with Crippen molar-refractivity contribution in [2.75, 3.05) is 0 Å². The van der Waals surface area contributed by atoms with Crippen molar-refractivity contribution in [1.29, 1.82) is 0 Å². The van der Waals surface area contributed by atoms with Crippen LogP contribution in [0.4, 0.5) is 0 Å². The SMILES string of the molecule is CCC(C)C/C(=C1/C=CC(C)=CC1)c1ccc(/C(CC(C)CC)=C2\C=CC(C)=CC2)cc1. The second kappa shape index (κ2) is 11.5. The molecule has 0 heterocycles. The van der Waals surface area contributed by atoms with E-state index in [1.165, 1.54) is 57.4 Å². The van der Waals surface area contributed by atoms with E-state index in [2.05, 4.69) is 102 Å². The van der Waals surface area contributed by atoms with Gasteiger partial charge in [-0.1, -0.05) is 112 Å². The molecule has 0 saturated heterocycles. The first-order valence-electron chi connectivity index (χ1n) is 12.7. The van der Waals surface area contributed by atoms with Gasteiger partial charge < -0.3 is 0 Å². The maximum atomic E-state index is 2.38. The molecule has 170 valence electrons. The van der Waals surface area contributed by atoms with Crippen LogP contribution in [0.1, 0.15) is 91.2 Å². The lowest BCUT2D eigenvalue weighted by atomic mass is 9.84. The zero-order valence-corrected chi connectivity index (χ0v) is 21.2. The van der Waals surface area contributed by atoms with E-state index >= 15 is 0 Å². The maximum absolute atomic E-state index is 2.38. The summed E-state index contributed by atoms with van der Waals surface area (Å²) in [6.07, 6.45) is 20.8. The lowest BCUT2D eigenvalue weighted by Gasteiger charge is -2.21. The van der Waals surface area contributed by atoms with Gasteiger partial charge in [-0.2, -0.15) is 0 Å². The van der Waals surface area contributed by atoms with Crippen LogP contribution in [-0.2, 0) is 0 Å². The van der Waals surface area contributed by atoms with Crippen molar-refractivity contribution in [1.82, 2.24) is 0 Å². The van der Waals surface area contributed by atoms with Crippen LogP contribution in [0.5, 0.6) is 0 Å². The van der Waals surface area contributed by atoms with Crippen LogP contribution >= 0.6 is 0 Å². The fourth-order valence-corrected chi connectivity index (χ4v) is 4.45. The van der Waals surface area contributed by atoms with Crippen LogP contribution in [0.2, 0.25) is 0 Å². The fourth-order valence-electron chi connectivity index (χ4n) is 4.45. The van der Waals surface area contributed by atoms with Gasteiger partial charge in [-0.25, -0.2) is 0 Å². The van der Waals surface area contributed by atoms with Gasteiger partial charge in [0.1, 0.15) is 0 Å². The fraction of sp³-hybridized carbons (Fsp3) is 0.438. The molecule has 0 saturated carbocycles. The number of benzene rings is 1. The standard InChI is InChI=1S/C32H42/c1-7-23(3)21-31(27-13-9-25(5)10-14-27)29-17-19-30(20-18-29)32(22-24(4)8-2)28-15-11-26(6)12-16-28/h9-13,15,17-20,23-24H,7-8,14,16,21-22H2,1-6H3/b31-27+,32-28+. The largest absolute Gasteiger partial charge is 0.0772 e. The molecule has 0 N–H and O–H groups in total. The van der Waals surface area contributed by atoms with Crippen LogP contribution in [0, 0.1) is 11.8 Å². The molecule has 2 atom stereocenters. The van der Waals surface area contributed by atoms with Crippen LogP contribution < -0.4 is 0 Å². The third kappa shape index (κ3) is 6.35. The third-order valence-corrected chi connectivity index (χ3v) is 7.24. The predicted molar refractivity (Wildman–Crippen MR) is 143 cm³/mol. The normalized spacial score (nSPS) is 21.1. The minimum atomic E-state index is 0.697. The van der Waals surface area contributed by atoms with E-state index in [1.807, 2.05) is 0 Å². The zero-order chi connectivity index (χ0) is 23.1. The quantitative estimate of drug-likeness (QED) is 0.388. The summed E-state index contributed by atoms with van der Waals surface area (Å²) in [5, 5.41) is 0. The Kier molecular flexibility index (Phi) is 8.74. The molecule has 1 aromatic carbocycles. The maximum Gasteiger partial charge on any atom is -0.00888 e. The monoisotopic (exact) mass is 426 g/mol. The van der Waals surface area contributed by atoms with Crippen LogP contribution in [-0.4, -0.2) is 0 Å². The summed E-state index contributed by atoms with van der Waals surface area (Å²) in [7, 11) is 0. The van der Waals surface area contributed by atoms with Gasteiger partial charge in [-0.3, -0.25) is 0 Å². The Morgan fingerprint density at radius 1 is 0.656 bits per heavy atom. The van der Waals surface area contributed by atoms with Crippen molar-refractivity contribution in [3.8, 4) is 0 Å². The van der Waals surface area contributed by atoms with Crippen LogP contribution in [0.3, 0.4) is 0 Å². The van der Waals surface area contributed by atoms with Gasteiger partial charge >= 0.3 is 0 Å². The van der Waals surface area contributed by atoms with E-state index in [0.717, 1.165) is 25.7 Å². The van der Waals surface area contributed by atoms with E-state index in [-0.39, 0.29) is 0 Å². The van der Waals surface area contributed by atoms with Gasteiger partial charge in [-0.05, 0) is 84.8 Å². The molecule has 2 aliphatic rings. The van der Waals surface area contributed by atoms with E-state index in [9.17, 15) is 0 Å². The van der Waals surface area contributed by atoms with Crippen LogP contribution in [0.25, 0.3) is 11.1 Å². The van der Waals surface area contributed by atoms with Crippen molar-refractivity contribution in [3.05, 3.63) is 94.1 Å². The Morgan fingerprint density at radius 2 is 1.03 bits per heavy atom. The highest BCUT2D eigenvalue weighted by atomic mass is 14.2. The molecule has 1 aromatic rings. The van der Waals surface area contributed by atoms with Crippen molar-refractivity contribution < 1.29 is 0 Å². The first kappa shape index (κ1) is 24.3. The third-order valence-electron chi connectivity index (χ3n) is 7.24. The Hall–Kier alpha value is -2.34. The summed E-state index contributed by atoms with van der Waals surface area (Å²) in [4.78, 5) is 0. The summed E-state index contributed by atoms with van der Waals surface area (Å²) in [5.41, 5.74) is 11.6. The minimum Gasteiger partial charge on any atom is -0.0772 e. The first-order valence-corrected chi connectivity index (χ1v) is 12.7. The minimum absolute atomic E-state index is 0.697. The van der Waals surface area contributed by atoms with Gasteiger partial charge in [-0.15, -0.1) is 0 Å². The second-order valence-corrected chi connectivity index (χ2v) is 9.99. The molecule has 2 unspecified atom stereocenters. The molecule has 0 spiro atoms. The molecular weight excluding hydrogens is 384 g/mol. The summed E-state index contributed by atoms with van der Waals surface area (Å²) >= 11 is 0. The molecule has 0 bridgehead atoms. The van der Waals surface area contributed by atoms with Crippen molar-refractivity contribution in [2.45, 2.75) is 80.1 Å². The lowest BCUT2D eigenvalue weighted by Crippen LogP contribution is -2.02. The average molecular weight is 427 g/mol. The highest BCUT2D eigenvalue weighted by Crippen LogP contribution is 2.35. The number of rotatable bonds is 8. The van der Waals surface area contributed by atoms with Gasteiger partial charge in [0.15, 0.2) is 0 Å². The van der Waals surface area contributed by atoms with Gasteiger partial charge in [0.25, 0.3) is 0 Å². The van der Waals surface area contributed by atoms with E-state index in [1.54, 1.807) is 0 Å². The Bertz CT molecular complexity index is 888. The summed E-state index contributed by atoms with van der Waals surface area (Å²) in [6, 6.07) is 9.52. The molecule has 0 aromatic heterocycles. The highest BCUT2D eigenvalue weighted by Gasteiger charge is 2.15. The zero-order valence-electron chi connectivity index (χ0n) is 21.2. The number of hydrogen-bond acceptors (Lipinski definition) is 0. The smallest absolute Gasteiger partial charge is 0.00888 e. The topological polar surface area (TPSA) is 0 Å². The number of hydrogen-bond donors (Lipinski definition) is 0. The molecule has 0 amide bonds. The van der Waals surface area contributed by atoms with Crippen molar-refractivity contribution >= 4 is 11.1 Å². The predicted octanol–water partition coefficient (Wildman–Crippen LogP) is 9.88. The molecule has 32 heavy (non-hydrogen) atoms. The van der Waals surface area contributed by atoms with E-state index in [4.69, 9.17) is 0 Å². The number of allylic oxidation sites excluding steroid dienone is 12.